The zero-order valence-corrected chi connectivity index (χ0v) is 37.9. The third-order valence-electron chi connectivity index (χ3n) is 11.6. The van der Waals surface area contributed by atoms with Gasteiger partial charge >= 0.3 is 11.9 Å². The number of hydrogen-bond acceptors (Lipinski definition) is 6. The van der Waals surface area contributed by atoms with Gasteiger partial charge in [-0.1, -0.05) is 181 Å². The van der Waals surface area contributed by atoms with Gasteiger partial charge in [0.15, 0.2) is 0 Å². The van der Waals surface area contributed by atoms with Gasteiger partial charge in [0.05, 0.1) is 18.6 Å². The Morgan fingerprint density at radius 1 is 0.509 bits per heavy atom. The Balaban J connectivity index is 4.22. The van der Waals surface area contributed by atoms with Crippen LogP contribution in [0, 0.1) is 5.41 Å². The van der Waals surface area contributed by atoms with Crippen molar-refractivity contribution in [3.8, 4) is 0 Å². The Morgan fingerprint density at radius 2 is 0.909 bits per heavy atom. The summed E-state index contributed by atoms with van der Waals surface area (Å²) >= 11 is 0. The smallest absolute Gasteiger partial charge is 0.311 e. The molecule has 0 aliphatic carbocycles. The fourth-order valence-electron chi connectivity index (χ4n) is 7.70. The lowest BCUT2D eigenvalue weighted by molar-refractivity contribution is -0.161. The SMILES string of the molecule is CCCCCCCCCCCCOC(=O)CCCCCN(CCO)CCCCCCC(C)(C)C(=O)OC(CCCCCCCCC)CCCCCCCCC. The number of ether oxygens (including phenoxy) is 2. The Labute approximate surface area is 343 Å². The van der Waals surface area contributed by atoms with Gasteiger partial charge in [-0.15, -0.1) is 0 Å². The number of esters is 2. The van der Waals surface area contributed by atoms with Crippen molar-refractivity contribution in [2.45, 2.75) is 265 Å². The Bertz CT molecular complexity index is 799. The zero-order valence-electron chi connectivity index (χ0n) is 37.9. The number of rotatable bonds is 44. The first kappa shape index (κ1) is 53.9. The molecule has 0 saturated heterocycles. The Kier molecular flexibility index (Phi) is 40.2. The van der Waals surface area contributed by atoms with Gasteiger partial charge in [-0.05, 0) is 84.7 Å². The highest BCUT2D eigenvalue weighted by molar-refractivity contribution is 5.76. The number of hydrogen-bond donors (Lipinski definition) is 1. The molecule has 328 valence electrons. The number of aliphatic hydroxyl groups excluding tert-OH is 1. The van der Waals surface area contributed by atoms with E-state index in [0.29, 0.717) is 19.6 Å². The molecule has 0 aromatic carbocycles. The van der Waals surface area contributed by atoms with E-state index in [4.69, 9.17) is 9.47 Å². The molecule has 0 atom stereocenters. The highest BCUT2D eigenvalue weighted by Gasteiger charge is 2.30. The zero-order chi connectivity index (χ0) is 40.5. The fourth-order valence-corrected chi connectivity index (χ4v) is 7.70. The third-order valence-corrected chi connectivity index (χ3v) is 11.6. The van der Waals surface area contributed by atoms with Crippen LogP contribution in [0.4, 0.5) is 0 Å². The molecular formula is C49H97NO5. The van der Waals surface area contributed by atoms with E-state index in [2.05, 4.69) is 39.5 Å². The standard InChI is InChI=1S/C49H97NO5/c1-6-9-12-15-18-19-20-23-28-36-45-54-47(52)39-32-29-35-42-50(43-44-51)41-34-27-26-33-40-49(4,5)48(53)55-46(37-30-24-21-16-13-10-7-2)38-31-25-22-17-14-11-8-3/h46,51H,6-45H2,1-5H3. The number of carbonyl (C=O) groups excluding carboxylic acids is 2. The minimum Gasteiger partial charge on any atom is -0.466 e. The molecule has 55 heavy (non-hydrogen) atoms. The molecule has 0 saturated carbocycles. The summed E-state index contributed by atoms with van der Waals surface area (Å²) in [4.78, 5) is 27.9. The molecule has 0 radical (unpaired) electrons. The summed E-state index contributed by atoms with van der Waals surface area (Å²) in [6.07, 6.45) is 41.8. The first-order valence-electron chi connectivity index (χ1n) is 24.5. The summed E-state index contributed by atoms with van der Waals surface area (Å²) in [7, 11) is 0. The second-order valence-electron chi connectivity index (χ2n) is 17.7. The molecule has 6 nitrogen and oxygen atoms in total. The lowest BCUT2D eigenvalue weighted by Crippen LogP contribution is -2.31. The van der Waals surface area contributed by atoms with E-state index in [1.807, 2.05) is 0 Å². The Hall–Kier alpha value is -1.14. The quantitative estimate of drug-likeness (QED) is 0.0490. The van der Waals surface area contributed by atoms with Crippen LogP contribution in [0.3, 0.4) is 0 Å². The van der Waals surface area contributed by atoms with Gasteiger partial charge in [0.1, 0.15) is 6.10 Å². The van der Waals surface area contributed by atoms with Crippen molar-refractivity contribution < 1.29 is 24.2 Å². The topological polar surface area (TPSA) is 76.1 Å². The maximum absolute atomic E-state index is 13.4. The van der Waals surface area contributed by atoms with E-state index in [9.17, 15) is 14.7 Å². The maximum Gasteiger partial charge on any atom is 0.311 e. The van der Waals surface area contributed by atoms with Crippen molar-refractivity contribution in [1.82, 2.24) is 4.90 Å². The largest absolute Gasteiger partial charge is 0.466 e. The van der Waals surface area contributed by atoms with Crippen molar-refractivity contribution in [1.29, 1.82) is 0 Å². The second-order valence-corrected chi connectivity index (χ2v) is 17.7. The summed E-state index contributed by atoms with van der Waals surface area (Å²) in [5.41, 5.74) is -0.444. The molecule has 6 heteroatoms. The maximum atomic E-state index is 13.4. The van der Waals surface area contributed by atoms with Crippen LogP contribution in [0.5, 0.6) is 0 Å². The normalized spacial score (nSPS) is 11.9. The molecule has 0 amide bonds. The van der Waals surface area contributed by atoms with Crippen LogP contribution in [0.2, 0.25) is 0 Å². The van der Waals surface area contributed by atoms with Crippen molar-refractivity contribution in [3.05, 3.63) is 0 Å². The summed E-state index contributed by atoms with van der Waals surface area (Å²) in [5.74, 6) is -0.0498. The van der Waals surface area contributed by atoms with Crippen LogP contribution in [0.15, 0.2) is 0 Å². The van der Waals surface area contributed by atoms with Gasteiger partial charge in [-0.25, -0.2) is 0 Å². The first-order chi connectivity index (χ1) is 26.8. The molecule has 0 heterocycles. The Morgan fingerprint density at radius 3 is 1.38 bits per heavy atom. The molecule has 0 aromatic rings. The lowest BCUT2D eigenvalue weighted by atomic mass is 9.86. The number of aliphatic hydroxyl groups is 1. The molecule has 0 spiro atoms. The van der Waals surface area contributed by atoms with Crippen LogP contribution in [0.1, 0.15) is 259 Å². The lowest BCUT2D eigenvalue weighted by Gasteiger charge is -2.27. The van der Waals surface area contributed by atoms with Crippen molar-refractivity contribution in [2.24, 2.45) is 5.41 Å². The van der Waals surface area contributed by atoms with Crippen LogP contribution in [-0.2, 0) is 19.1 Å². The predicted molar refractivity (Wildman–Crippen MR) is 237 cm³/mol. The number of unbranched alkanes of at least 4 members (excludes halogenated alkanes) is 26. The molecule has 0 aromatic heterocycles. The molecule has 0 aliphatic heterocycles. The van der Waals surface area contributed by atoms with Crippen molar-refractivity contribution in [3.63, 3.8) is 0 Å². The molecule has 1 N–H and O–H groups in total. The highest BCUT2D eigenvalue weighted by Crippen LogP contribution is 2.28. The summed E-state index contributed by atoms with van der Waals surface area (Å²) in [5, 5.41) is 9.61. The van der Waals surface area contributed by atoms with E-state index < -0.39 is 5.41 Å². The fraction of sp³-hybridized carbons (Fsp3) is 0.959. The van der Waals surface area contributed by atoms with Gasteiger partial charge in [-0.2, -0.15) is 0 Å². The van der Waals surface area contributed by atoms with E-state index in [1.54, 1.807) is 0 Å². The summed E-state index contributed by atoms with van der Waals surface area (Å²) in [6.45, 7) is 14.4. The van der Waals surface area contributed by atoms with E-state index in [0.717, 1.165) is 90.1 Å². The van der Waals surface area contributed by atoms with Gasteiger partial charge in [0.25, 0.3) is 0 Å². The van der Waals surface area contributed by atoms with Crippen LogP contribution in [-0.4, -0.2) is 60.9 Å². The second kappa shape index (κ2) is 41.0. The summed E-state index contributed by atoms with van der Waals surface area (Å²) < 4.78 is 11.7. The molecule has 0 unspecified atom stereocenters. The van der Waals surface area contributed by atoms with Gasteiger partial charge in [0.2, 0.25) is 0 Å². The van der Waals surface area contributed by atoms with Gasteiger partial charge < -0.3 is 19.5 Å². The minimum atomic E-state index is -0.444. The average Bonchev–Trinajstić information content (AvgIpc) is 3.17. The molecule has 0 rings (SSSR count). The monoisotopic (exact) mass is 780 g/mol. The van der Waals surface area contributed by atoms with Crippen molar-refractivity contribution >= 4 is 11.9 Å². The molecule has 0 bridgehead atoms. The average molecular weight is 780 g/mol. The summed E-state index contributed by atoms with van der Waals surface area (Å²) in [6, 6.07) is 0. The van der Waals surface area contributed by atoms with Crippen LogP contribution >= 0.6 is 0 Å². The minimum absolute atomic E-state index is 0.000130. The van der Waals surface area contributed by atoms with Gasteiger partial charge in [0, 0.05) is 13.0 Å². The molecule has 0 fully saturated rings. The molecular weight excluding hydrogens is 683 g/mol. The first-order valence-corrected chi connectivity index (χ1v) is 24.5. The van der Waals surface area contributed by atoms with Gasteiger partial charge in [-0.3, -0.25) is 9.59 Å². The number of nitrogens with zero attached hydrogens (tertiary/aromatic N) is 1. The third kappa shape index (κ3) is 36.9. The highest BCUT2D eigenvalue weighted by atomic mass is 16.5. The van der Waals surface area contributed by atoms with E-state index >= 15 is 0 Å². The van der Waals surface area contributed by atoms with Crippen LogP contribution in [0.25, 0.3) is 0 Å². The predicted octanol–water partition coefficient (Wildman–Crippen LogP) is 14.5. The molecule has 0 aliphatic rings. The van der Waals surface area contributed by atoms with E-state index in [-0.39, 0.29) is 24.6 Å². The number of carbonyl (C=O) groups is 2. The van der Waals surface area contributed by atoms with Crippen molar-refractivity contribution in [2.75, 3.05) is 32.8 Å². The van der Waals surface area contributed by atoms with E-state index in [1.165, 1.54) is 141 Å². The van der Waals surface area contributed by atoms with Crippen LogP contribution < -0.4 is 0 Å².